The van der Waals surface area contributed by atoms with Crippen LogP contribution in [0.4, 0.5) is 5.88 Å². The van der Waals surface area contributed by atoms with Crippen molar-refractivity contribution < 1.29 is 9.26 Å². The van der Waals surface area contributed by atoms with Crippen molar-refractivity contribution in [2.75, 3.05) is 24.6 Å². The Morgan fingerprint density at radius 3 is 2.94 bits per heavy atom. The SMILES string of the molecule is C=C=C(OCC)c1cc(N2CCCCC2)on1. The predicted octanol–water partition coefficient (Wildman–Crippen LogP) is 2.83. The lowest BCUT2D eigenvalue weighted by Gasteiger charge is -2.25. The van der Waals surface area contributed by atoms with Gasteiger partial charge in [-0.1, -0.05) is 17.5 Å². The van der Waals surface area contributed by atoms with Gasteiger partial charge in [0.05, 0.1) is 6.61 Å². The van der Waals surface area contributed by atoms with E-state index >= 15 is 0 Å². The Morgan fingerprint density at radius 1 is 1.53 bits per heavy atom. The molecule has 0 bridgehead atoms. The average molecular weight is 234 g/mol. The normalized spacial score (nSPS) is 15.5. The van der Waals surface area contributed by atoms with E-state index in [0.717, 1.165) is 19.0 Å². The molecule has 4 nitrogen and oxygen atoms in total. The molecule has 2 heterocycles. The molecule has 4 heteroatoms. The van der Waals surface area contributed by atoms with E-state index in [0.29, 0.717) is 18.1 Å². The van der Waals surface area contributed by atoms with Crippen molar-refractivity contribution in [2.24, 2.45) is 0 Å². The van der Waals surface area contributed by atoms with Crippen molar-refractivity contribution in [3.8, 4) is 0 Å². The third-order valence-electron chi connectivity index (χ3n) is 2.85. The van der Waals surface area contributed by atoms with Crippen LogP contribution in [0.15, 0.2) is 22.9 Å². The molecule has 0 saturated carbocycles. The maximum Gasteiger partial charge on any atom is 0.227 e. The Bertz CT molecular complexity index is 413. The van der Waals surface area contributed by atoms with E-state index < -0.39 is 0 Å². The maximum atomic E-state index is 5.38. The third-order valence-corrected chi connectivity index (χ3v) is 2.85. The fourth-order valence-electron chi connectivity index (χ4n) is 2.00. The molecule has 0 radical (unpaired) electrons. The average Bonchev–Trinajstić information content (AvgIpc) is 2.86. The first-order valence-corrected chi connectivity index (χ1v) is 6.10. The van der Waals surface area contributed by atoms with Crippen LogP contribution < -0.4 is 4.90 Å². The molecule has 1 fully saturated rings. The van der Waals surface area contributed by atoms with E-state index in [1.165, 1.54) is 19.3 Å². The summed E-state index contributed by atoms with van der Waals surface area (Å²) in [5, 5.41) is 4.00. The second kappa shape index (κ2) is 5.60. The van der Waals surface area contributed by atoms with E-state index in [4.69, 9.17) is 9.26 Å². The Kier molecular flexibility index (Phi) is 3.89. The molecule has 0 atom stereocenters. The van der Waals surface area contributed by atoms with Crippen molar-refractivity contribution in [3.05, 3.63) is 24.1 Å². The van der Waals surface area contributed by atoms with Gasteiger partial charge < -0.3 is 14.2 Å². The summed E-state index contributed by atoms with van der Waals surface area (Å²) in [6.07, 6.45) is 3.73. The Labute approximate surface area is 102 Å². The highest BCUT2D eigenvalue weighted by Crippen LogP contribution is 2.23. The molecule has 0 aliphatic carbocycles. The van der Waals surface area contributed by atoms with Crippen LogP contribution in [-0.4, -0.2) is 24.9 Å². The predicted molar refractivity (Wildman–Crippen MR) is 66.7 cm³/mol. The van der Waals surface area contributed by atoms with Crippen LogP contribution in [0.25, 0.3) is 5.76 Å². The maximum absolute atomic E-state index is 5.38. The lowest BCUT2D eigenvalue weighted by molar-refractivity contribution is 0.293. The van der Waals surface area contributed by atoms with Crippen molar-refractivity contribution in [1.82, 2.24) is 5.16 Å². The first-order chi connectivity index (χ1) is 8.35. The number of nitrogens with zero attached hydrogens (tertiary/aromatic N) is 2. The molecule has 1 aromatic rings. The third kappa shape index (κ3) is 2.71. The first kappa shape index (κ1) is 11.8. The van der Waals surface area contributed by atoms with Crippen LogP contribution in [0.2, 0.25) is 0 Å². The van der Waals surface area contributed by atoms with Crippen molar-refractivity contribution in [3.63, 3.8) is 0 Å². The molecule has 1 saturated heterocycles. The molecule has 0 amide bonds. The number of piperidine rings is 1. The summed E-state index contributed by atoms with van der Waals surface area (Å²) >= 11 is 0. The molecule has 1 aliphatic heterocycles. The number of aromatic nitrogens is 1. The Morgan fingerprint density at radius 2 is 2.29 bits per heavy atom. The molecule has 0 spiro atoms. The van der Waals surface area contributed by atoms with Gasteiger partial charge in [-0.25, -0.2) is 0 Å². The molecule has 1 aliphatic rings. The van der Waals surface area contributed by atoms with Gasteiger partial charge in [-0.3, -0.25) is 0 Å². The summed E-state index contributed by atoms with van der Waals surface area (Å²) in [6.45, 7) is 8.16. The fourth-order valence-corrected chi connectivity index (χ4v) is 2.00. The van der Waals surface area contributed by atoms with Crippen LogP contribution in [0.3, 0.4) is 0 Å². The lowest BCUT2D eigenvalue weighted by atomic mass is 10.1. The number of rotatable bonds is 4. The molecule has 2 rings (SSSR count). The van der Waals surface area contributed by atoms with Gasteiger partial charge in [-0.05, 0) is 26.2 Å². The van der Waals surface area contributed by atoms with Crippen LogP contribution >= 0.6 is 0 Å². The van der Waals surface area contributed by atoms with E-state index in [1.54, 1.807) is 0 Å². The van der Waals surface area contributed by atoms with Gasteiger partial charge in [0.2, 0.25) is 5.88 Å². The first-order valence-electron chi connectivity index (χ1n) is 6.10. The molecule has 0 N–H and O–H groups in total. The minimum atomic E-state index is 0.555. The number of anilines is 1. The van der Waals surface area contributed by atoms with Crippen molar-refractivity contribution in [2.45, 2.75) is 26.2 Å². The lowest BCUT2D eigenvalue weighted by Crippen LogP contribution is -2.28. The minimum absolute atomic E-state index is 0.555. The van der Waals surface area contributed by atoms with Gasteiger partial charge in [0, 0.05) is 19.2 Å². The van der Waals surface area contributed by atoms with Gasteiger partial charge in [0.15, 0.2) is 11.5 Å². The fraction of sp³-hybridized carbons (Fsp3) is 0.538. The molecular weight excluding hydrogens is 216 g/mol. The van der Waals surface area contributed by atoms with E-state index in [1.807, 2.05) is 13.0 Å². The summed E-state index contributed by atoms with van der Waals surface area (Å²) < 4.78 is 10.7. The number of hydrogen-bond donors (Lipinski definition) is 0. The number of hydrogen-bond acceptors (Lipinski definition) is 4. The highest BCUT2D eigenvalue weighted by atomic mass is 16.5. The van der Waals surface area contributed by atoms with Crippen LogP contribution in [0.1, 0.15) is 31.9 Å². The summed E-state index contributed by atoms with van der Waals surface area (Å²) in [5.74, 6) is 1.37. The smallest absolute Gasteiger partial charge is 0.227 e. The van der Waals surface area contributed by atoms with Gasteiger partial charge in [0.25, 0.3) is 0 Å². The molecular formula is C13H18N2O2. The van der Waals surface area contributed by atoms with Crippen molar-refractivity contribution >= 4 is 11.6 Å². The van der Waals surface area contributed by atoms with Gasteiger partial charge in [-0.15, -0.1) is 0 Å². The van der Waals surface area contributed by atoms with E-state index in [-0.39, 0.29) is 0 Å². The molecule has 0 unspecified atom stereocenters. The van der Waals surface area contributed by atoms with Gasteiger partial charge in [0.1, 0.15) is 0 Å². The molecule has 1 aromatic heterocycles. The summed E-state index contributed by atoms with van der Waals surface area (Å²) in [4.78, 5) is 2.21. The summed E-state index contributed by atoms with van der Waals surface area (Å²) in [5.41, 5.74) is 3.41. The van der Waals surface area contributed by atoms with E-state index in [2.05, 4.69) is 22.4 Å². The second-order valence-corrected chi connectivity index (χ2v) is 4.04. The van der Waals surface area contributed by atoms with Crippen LogP contribution in [0.5, 0.6) is 0 Å². The second-order valence-electron chi connectivity index (χ2n) is 4.04. The molecule has 92 valence electrons. The summed E-state index contributed by atoms with van der Waals surface area (Å²) in [7, 11) is 0. The monoisotopic (exact) mass is 234 g/mol. The zero-order chi connectivity index (χ0) is 12.1. The highest BCUT2D eigenvalue weighted by Gasteiger charge is 2.17. The van der Waals surface area contributed by atoms with Crippen molar-refractivity contribution in [1.29, 1.82) is 0 Å². The Hall–Kier alpha value is -1.67. The van der Waals surface area contributed by atoms with Gasteiger partial charge >= 0.3 is 0 Å². The van der Waals surface area contributed by atoms with Crippen LogP contribution in [0, 0.1) is 0 Å². The topological polar surface area (TPSA) is 38.5 Å². The highest BCUT2D eigenvalue weighted by molar-refractivity contribution is 5.58. The van der Waals surface area contributed by atoms with Crippen LogP contribution in [-0.2, 0) is 4.74 Å². The van der Waals surface area contributed by atoms with E-state index in [9.17, 15) is 0 Å². The minimum Gasteiger partial charge on any atom is -0.484 e. The largest absolute Gasteiger partial charge is 0.484 e. The zero-order valence-corrected chi connectivity index (χ0v) is 10.2. The molecule has 0 aromatic carbocycles. The zero-order valence-electron chi connectivity index (χ0n) is 10.2. The Balaban J connectivity index is 2.11. The quantitative estimate of drug-likeness (QED) is 0.593. The van der Waals surface area contributed by atoms with Gasteiger partial charge in [-0.2, -0.15) is 0 Å². The number of ether oxygens (including phenoxy) is 1. The molecule has 17 heavy (non-hydrogen) atoms. The summed E-state index contributed by atoms with van der Waals surface area (Å²) in [6, 6.07) is 1.90. The standard InChI is InChI=1S/C13H18N2O2/c1-3-12(16-4-2)11-10-13(17-14-11)15-8-6-5-7-9-15/h10H,1,4-9H2,2H3.